The highest BCUT2D eigenvalue weighted by molar-refractivity contribution is 7.99. The van der Waals surface area contributed by atoms with E-state index >= 15 is 0 Å². The van der Waals surface area contributed by atoms with Crippen molar-refractivity contribution in [1.82, 2.24) is 15.4 Å². The van der Waals surface area contributed by atoms with Gasteiger partial charge in [0.15, 0.2) is 5.16 Å². The molecular weight excluding hydrogens is 178 g/mol. The van der Waals surface area contributed by atoms with Gasteiger partial charge in [0.25, 0.3) is 5.91 Å². The molecule has 64 valence electrons. The lowest BCUT2D eigenvalue weighted by atomic mass is 10.7. The van der Waals surface area contributed by atoms with E-state index in [9.17, 15) is 4.79 Å². The zero-order valence-corrected chi connectivity index (χ0v) is 6.91. The Kier molecular flexibility index (Phi) is 3.49. The number of nitrogens with one attached hydrogen (secondary N) is 1. The number of hydrogen-bond donors (Lipinski definition) is 2. The molecule has 0 bridgehead atoms. The third-order valence-corrected chi connectivity index (χ3v) is 1.87. The molecule has 0 atom stereocenters. The van der Waals surface area contributed by atoms with Crippen molar-refractivity contribution < 1.29 is 10.0 Å². The van der Waals surface area contributed by atoms with Crippen LogP contribution in [-0.2, 0) is 4.79 Å². The van der Waals surface area contributed by atoms with Crippen LogP contribution in [0, 0.1) is 0 Å². The third kappa shape index (κ3) is 2.85. The van der Waals surface area contributed by atoms with Crippen LogP contribution in [0.2, 0.25) is 0 Å². The van der Waals surface area contributed by atoms with E-state index in [1.807, 2.05) is 0 Å². The number of carbonyl (C=O) groups excluding carboxylic acids is 1. The number of carbonyl (C=O) groups is 1. The number of hydrogen-bond acceptors (Lipinski definition) is 5. The van der Waals surface area contributed by atoms with E-state index in [-0.39, 0.29) is 5.75 Å². The van der Waals surface area contributed by atoms with Crippen LogP contribution in [0.4, 0.5) is 0 Å². The SMILES string of the molecule is O=C(CSc1ncccn1)NO. The maximum absolute atomic E-state index is 10.5. The highest BCUT2D eigenvalue weighted by Gasteiger charge is 2.01. The van der Waals surface area contributed by atoms with Crippen LogP contribution in [-0.4, -0.2) is 26.8 Å². The van der Waals surface area contributed by atoms with E-state index in [0.717, 1.165) is 11.8 Å². The minimum Gasteiger partial charge on any atom is -0.289 e. The van der Waals surface area contributed by atoms with E-state index in [2.05, 4.69) is 9.97 Å². The Hall–Kier alpha value is -1.14. The molecule has 1 heterocycles. The van der Waals surface area contributed by atoms with Crippen LogP contribution in [0.15, 0.2) is 23.6 Å². The lowest BCUT2D eigenvalue weighted by molar-refractivity contribution is -0.126. The summed E-state index contributed by atoms with van der Waals surface area (Å²) in [5.41, 5.74) is 1.52. The van der Waals surface area contributed by atoms with Gasteiger partial charge in [-0.15, -0.1) is 0 Å². The molecule has 1 amide bonds. The van der Waals surface area contributed by atoms with Gasteiger partial charge in [0.05, 0.1) is 5.75 Å². The molecule has 0 aliphatic heterocycles. The molecule has 0 saturated heterocycles. The highest BCUT2D eigenvalue weighted by Crippen LogP contribution is 2.09. The molecule has 0 unspecified atom stereocenters. The molecule has 1 aromatic heterocycles. The molecule has 12 heavy (non-hydrogen) atoms. The largest absolute Gasteiger partial charge is 0.289 e. The van der Waals surface area contributed by atoms with Crippen molar-refractivity contribution in [2.75, 3.05) is 5.75 Å². The molecule has 6 heteroatoms. The van der Waals surface area contributed by atoms with Gasteiger partial charge in [-0.3, -0.25) is 10.0 Å². The third-order valence-electron chi connectivity index (χ3n) is 0.999. The second-order valence-electron chi connectivity index (χ2n) is 1.86. The first-order valence-corrected chi connectivity index (χ1v) is 4.14. The monoisotopic (exact) mass is 185 g/mol. The smallest absolute Gasteiger partial charge is 0.253 e. The summed E-state index contributed by atoms with van der Waals surface area (Å²) in [5, 5.41) is 8.67. The van der Waals surface area contributed by atoms with E-state index < -0.39 is 5.91 Å². The van der Waals surface area contributed by atoms with Crippen molar-refractivity contribution >= 4 is 17.7 Å². The van der Waals surface area contributed by atoms with Crippen LogP contribution >= 0.6 is 11.8 Å². The minimum absolute atomic E-state index is 0.112. The summed E-state index contributed by atoms with van der Waals surface area (Å²) in [6.07, 6.45) is 3.18. The summed E-state index contributed by atoms with van der Waals surface area (Å²) in [4.78, 5) is 18.3. The summed E-state index contributed by atoms with van der Waals surface area (Å²) in [6, 6.07) is 1.69. The number of nitrogens with zero attached hydrogens (tertiary/aromatic N) is 2. The summed E-state index contributed by atoms with van der Waals surface area (Å²) in [7, 11) is 0. The predicted molar refractivity (Wildman–Crippen MR) is 42.7 cm³/mol. The summed E-state index contributed by atoms with van der Waals surface area (Å²) >= 11 is 1.16. The van der Waals surface area contributed by atoms with Crippen LogP contribution in [0.3, 0.4) is 0 Å². The maximum Gasteiger partial charge on any atom is 0.253 e. The van der Waals surface area contributed by atoms with E-state index in [4.69, 9.17) is 5.21 Å². The zero-order chi connectivity index (χ0) is 8.81. The predicted octanol–water partition coefficient (Wildman–Crippen LogP) is 0.0741. The zero-order valence-electron chi connectivity index (χ0n) is 6.10. The van der Waals surface area contributed by atoms with Crippen LogP contribution in [0.5, 0.6) is 0 Å². The highest BCUT2D eigenvalue weighted by atomic mass is 32.2. The Labute approximate surface area is 73.2 Å². The van der Waals surface area contributed by atoms with Gasteiger partial charge in [-0.05, 0) is 6.07 Å². The van der Waals surface area contributed by atoms with Crippen molar-refractivity contribution in [1.29, 1.82) is 0 Å². The lowest BCUT2D eigenvalue weighted by Gasteiger charge is -1.96. The fraction of sp³-hybridized carbons (Fsp3) is 0.167. The average molecular weight is 185 g/mol. The fourth-order valence-electron chi connectivity index (χ4n) is 0.522. The quantitative estimate of drug-likeness (QED) is 0.302. The van der Waals surface area contributed by atoms with Crippen LogP contribution in [0.25, 0.3) is 0 Å². The second-order valence-corrected chi connectivity index (χ2v) is 2.80. The number of thioether (sulfide) groups is 1. The molecule has 0 saturated carbocycles. The molecule has 0 fully saturated rings. The summed E-state index contributed by atoms with van der Waals surface area (Å²) < 4.78 is 0. The first kappa shape index (κ1) is 8.95. The van der Waals surface area contributed by atoms with E-state index in [0.29, 0.717) is 5.16 Å². The first-order valence-electron chi connectivity index (χ1n) is 3.15. The van der Waals surface area contributed by atoms with Gasteiger partial charge < -0.3 is 0 Å². The van der Waals surface area contributed by atoms with Gasteiger partial charge in [-0.25, -0.2) is 15.4 Å². The molecule has 5 nitrogen and oxygen atoms in total. The normalized spacial score (nSPS) is 9.42. The molecule has 0 spiro atoms. The second kappa shape index (κ2) is 4.68. The van der Waals surface area contributed by atoms with Crippen molar-refractivity contribution in [3.63, 3.8) is 0 Å². The van der Waals surface area contributed by atoms with E-state index in [1.54, 1.807) is 18.5 Å². The lowest BCUT2D eigenvalue weighted by Crippen LogP contribution is -2.20. The molecule has 2 N–H and O–H groups in total. The van der Waals surface area contributed by atoms with Gasteiger partial charge in [0.1, 0.15) is 0 Å². The van der Waals surface area contributed by atoms with Crippen molar-refractivity contribution in [2.24, 2.45) is 0 Å². The van der Waals surface area contributed by atoms with Crippen molar-refractivity contribution in [2.45, 2.75) is 5.16 Å². The standard InChI is InChI=1S/C6H7N3O2S/c10-5(9-11)4-12-6-7-2-1-3-8-6/h1-3,11H,4H2,(H,9,10). The molecule has 0 aromatic carbocycles. The van der Waals surface area contributed by atoms with Gasteiger partial charge in [-0.1, -0.05) is 11.8 Å². The Morgan fingerprint density at radius 2 is 2.25 bits per heavy atom. The Bertz CT molecular complexity index is 254. The number of amides is 1. The fourth-order valence-corrected chi connectivity index (χ4v) is 1.12. The molecular formula is C6H7N3O2S. The van der Waals surface area contributed by atoms with Crippen LogP contribution in [0.1, 0.15) is 0 Å². The Morgan fingerprint density at radius 3 is 2.83 bits per heavy atom. The van der Waals surface area contributed by atoms with Crippen molar-refractivity contribution in [3.8, 4) is 0 Å². The first-order chi connectivity index (χ1) is 5.83. The summed E-state index contributed by atoms with van der Waals surface area (Å²) in [6.45, 7) is 0. The molecule has 0 radical (unpaired) electrons. The van der Waals surface area contributed by atoms with E-state index in [1.165, 1.54) is 5.48 Å². The van der Waals surface area contributed by atoms with Gasteiger partial charge >= 0.3 is 0 Å². The van der Waals surface area contributed by atoms with Gasteiger partial charge in [-0.2, -0.15) is 0 Å². The topological polar surface area (TPSA) is 75.1 Å². The summed E-state index contributed by atoms with van der Waals surface area (Å²) in [5.74, 6) is -0.354. The Balaban J connectivity index is 2.38. The van der Waals surface area contributed by atoms with Gasteiger partial charge in [0.2, 0.25) is 0 Å². The molecule has 1 rings (SSSR count). The van der Waals surface area contributed by atoms with Crippen LogP contribution < -0.4 is 5.48 Å². The number of rotatable bonds is 3. The Morgan fingerprint density at radius 1 is 1.58 bits per heavy atom. The molecule has 1 aromatic rings. The van der Waals surface area contributed by atoms with Gasteiger partial charge in [0, 0.05) is 12.4 Å². The minimum atomic E-state index is -0.465. The molecule has 0 aliphatic carbocycles. The van der Waals surface area contributed by atoms with Crippen molar-refractivity contribution in [3.05, 3.63) is 18.5 Å². The average Bonchev–Trinajstić information content (AvgIpc) is 2.16. The molecule has 0 aliphatic rings. The number of aromatic nitrogens is 2. The number of hydroxylamine groups is 1. The maximum atomic E-state index is 10.5.